The molecule has 1 aromatic rings. The first kappa shape index (κ1) is 16.3. The third-order valence-electron chi connectivity index (χ3n) is 3.76. The van der Waals surface area contributed by atoms with Crippen LogP contribution in [0.2, 0.25) is 5.02 Å². The Morgan fingerprint density at radius 1 is 1.32 bits per heavy atom. The van der Waals surface area contributed by atoms with Crippen molar-refractivity contribution < 1.29 is 4.79 Å². The van der Waals surface area contributed by atoms with Gasteiger partial charge in [0.15, 0.2) is 0 Å². The zero-order valence-electron chi connectivity index (χ0n) is 10.8. The maximum atomic E-state index is 11.5. The first-order valence-corrected chi connectivity index (χ1v) is 6.77. The number of hydrogen-bond donors (Lipinski definition) is 2. The van der Waals surface area contributed by atoms with Crippen molar-refractivity contribution >= 4 is 29.9 Å². The van der Waals surface area contributed by atoms with Gasteiger partial charge < -0.3 is 11.1 Å². The molecule has 0 unspecified atom stereocenters. The second kappa shape index (κ2) is 7.13. The summed E-state index contributed by atoms with van der Waals surface area (Å²) in [7, 11) is 0. The normalized spacial score (nSPS) is 16.1. The zero-order chi connectivity index (χ0) is 13.0. The Labute approximate surface area is 125 Å². The van der Waals surface area contributed by atoms with Gasteiger partial charge in [0.2, 0.25) is 5.91 Å². The van der Waals surface area contributed by atoms with Crippen LogP contribution in [0, 0.1) is 0 Å². The molecule has 1 aromatic carbocycles. The van der Waals surface area contributed by atoms with Crippen LogP contribution < -0.4 is 11.1 Å². The molecule has 0 saturated heterocycles. The van der Waals surface area contributed by atoms with Crippen molar-refractivity contribution in [2.75, 3.05) is 13.1 Å². The molecule has 1 amide bonds. The lowest BCUT2D eigenvalue weighted by Gasteiger charge is -2.42. The predicted octanol–water partition coefficient (Wildman–Crippen LogP) is 2.65. The molecule has 1 fully saturated rings. The van der Waals surface area contributed by atoms with E-state index in [1.54, 1.807) is 0 Å². The second-order valence-electron chi connectivity index (χ2n) is 4.96. The van der Waals surface area contributed by atoms with E-state index in [1.165, 1.54) is 12.0 Å². The van der Waals surface area contributed by atoms with Gasteiger partial charge in [-0.05, 0) is 30.5 Å². The molecular formula is C14H20Cl2N2O. The fraction of sp³-hybridized carbons (Fsp3) is 0.500. The monoisotopic (exact) mass is 302 g/mol. The van der Waals surface area contributed by atoms with E-state index in [0.29, 0.717) is 19.5 Å². The van der Waals surface area contributed by atoms with Gasteiger partial charge >= 0.3 is 0 Å². The van der Waals surface area contributed by atoms with E-state index in [1.807, 2.05) is 12.1 Å². The van der Waals surface area contributed by atoms with E-state index >= 15 is 0 Å². The summed E-state index contributed by atoms with van der Waals surface area (Å²) in [6.45, 7) is 1.10. The van der Waals surface area contributed by atoms with Crippen molar-refractivity contribution in [2.24, 2.45) is 5.73 Å². The number of nitrogens with two attached hydrogens (primary N) is 1. The molecular weight excluding hydrogens is 283 g/mol. The van der Waals surface area contributed by atoms with E-state index in [-0.39, 0.29) is 23.7 Å². The number of nitrogens with one attached hydrogen (secondary N) is 1. The van der Waals surface area contributed by atoms with Gasteiger partial charge in [-0.1, -0.05) is 30.2 Å². The van der Waals surface area contributed by atoms with Gasteiger partial charge in [0.05, 0.1) is 0 Å². The van der Waals surface area contributed by atoms with E-state index < -0.39 is 0 Å². The second-order valence-corrected chi connectivity index (χ2v) is 5.39. The summed E-state index contributed by atoms with van der Waals surface area (Å²) in [6, 6.07) is 7.96. The SMILES string of the molecule is Cl.NCCC(=O)NCC1(c2ccc(Cl)cc2)CCC1. The third kappa shape index (κ3) is 3.85. The first-order chi connectivity index (χ1) is 8.66. The van der Waals surface area contributed by atoms with Crippen LogP contribution in [0.1, 0.15) is 31.2 Å². The zero-order valence-corrected chi connectivity index (χ0v) is 12.4. The van der Waals surface area contributed by atoms with Crippen LogP contribution in [0.25, 0.3) is 0 Å². The van der Waals surface area contributed by atoms with Gasteiger partial charge in [-0.25, -0.2) is 0 Å². The predicted molar refractivity (Wildman–Crippen MR) is 80.9 cm³/mol. The van der Waals surface area contributed by atoms with Crippen LogP contribution in [0.15, 0.2) is 24.3 Å². The van der Waals surface area contributed by atoms with Gasteiger partial charge in [0, 0.05) is 29.9 Å². The molecule has 3 N–H and O–H groups in total. The van der Waals surface area contributed by atoms with Crippen LogP contribution in [-0.2, 0) is 10.2 Å². The highest BCUT2D eigenvalue weighted by Crippen LogP contribution is 2.43. The molecule has 1 aliphatic rings. The van der Waals surface area contributed by atoms with Crippen molar-refractivity contribution in [1.29, 1.82) is 0 Å². The Kier molecular flexibility index (Phi) is 6.11. The lowest BCUT2D eigenvalue weighted by Crippen LogP contribution is -2.45. The Hall–Kier alpha value is -0.770. The molecule has 0 aromatic heterocycles. The largest absolute Gasteiger partial charge is 0.355 e. The minimum atomic E-state index is 0. The summed E-state index contributed by atoms with van der Waals surface area (Å²) in [5.74, 6) is 0.0396. The standard InChI is InChI=1S/C14H19ClN2O.ClH/c15-12-4-2-11(3-5-12)14(7-1-8-14)10-17-13(18)6-9-16;/h2-5H,1,6-10,16H2,(H,17,18);1H. The molecule has 5 heteroatoms. The van der Waals surface area contributed by atoms with Gasteiger partial charge in [0.25, 0.3) is 0 Å². The van der Waals surface area contributed by atoms with Crippen LogP contribution in [0.3, 0.4) is 0 Å². The molecule has 2 rings (SSSR count). The average molecular weight is 303 g/mol. The number of hydrogen-bond acceptors (Lipinski definition) is 2. The van der Waals surface area contributed by atoms with Gasteiger partial charge in [-0.2, -0.15) is 0 Å². The van der Waals surface area contributed by atoms with Crippen molar-refractivity contribution in [3.8, 4) is 0 Å². The van der Waals surface area contributed by atoms with Crippen LogP contribution in [0.5, 0.6) is 0 Å². The van der Waals surface area contributed by atoms with Crippen molar-refractivity contribution in [3.05, 3.63) is 34.9 Å². The van der Waals surface area contributed by atoms with E-state index in [4.69, 9.17) is 17.3 Å². The molecule has 0 bridgehead atoms. The third-order valence-corrected chi connectivity index (χ3v) is 4.01. The number of benzene rings is 1. The molecule has 3 nitrogen and oxygen atoms in total. The fourth-order valence-corrected chi connectivity index (χ4v) is 2.59. The topological polar surface area (TPSA) is 55.1 Å². The molecule has 1 saturated carbocycles. The Bertz CT molecular complexity index is 416. The summed E-state index contributed by atoms with van der Waals surface area (Å²) in [5.41, 5.74) is 6.74. The average Bonchev–Trinajstić information content (AvgIpc) is 2.30. The molecule has 0 radical (unpaired) electrons. The molecule has 1 aliphatic carbocycles. The van der Waals surface area contributed by atoms with E-state index in [0.717, 1.165) is 17.9 Å². The summed E-state index contributed by atoms with van der Waals surface area (Å²) in [6.07, 6.45) is 3.86. The highest BCUT2D eigenvalue weighted by Gasteiger charge is 2.38. The van der Waals surface area contributed by atoms with Crippen LogP contribution >= 0.6 is 24.0 Å². The number of carbonyl (C=O) groups excluding carboxylic acids is 1. The summed E-state index contributed by atoms with van der Waals surface area (Å²) >= 11 is 5.91. The Balaban J connectivity index is 0.00000180. The number of rotatable bonds is 5. The lowest BCUT2D eigenvalue weighted by molar-refractivity contribution is -0.121. The number of amides is 1. The quantitative estimate of drug-likeness (QED) is 0.878. The van der Waals surface area contributed by atoms with Gasteiger partial charge in [-0.15, -0.1) is 12.4 Å². The maximum absolute atomic E-state index is 11.5. The molecule has 106 valence electrons. The molecule has 0 aliphatic heterocycles. The van der Waals surface area contributed by atoms with Crippen LogP contribution in [0.4, 0.5) is 0 Å². The van der Waals surface area contributed by atoms with Gasteiger partial charge in [-0.3, -0.25) is 4.79 Å². The summed E-state index contributed by atoms with van der Waals surface area (Å²) in [4.78, 5) is 11.5. The van der Waals surface area contributed by atoms with Crippen molar-refractivity contribution in [1.82, 2.24) is 5.32 Å². The van der Waals surface area contributed by atoms with Gasteiger partial charge in [0.1, 0.15) is 0 Å². The van der Waals surface area contributed by atoms with Crippen LogP contribution in [-0.4, -0.2) is 19.0 Å². The van der Waals surface area contributed by atoms with E-state index in [2.05, 4.69) is 17.4 Å². The number of carbonyl (C=O) groups is 1. The Morgan fingerprint density at radius 3 is 2.42 bits per heavy atom. The highest BCUT2D eigenvalue weighted by molar-refractivity contribution is 6.30. The smallest absolute Gasteiger partial charge is 0.221 e. The lowest BCUT2D eigenvalue weighted by atomic mass is 9.64. The summed E-state index contributed by atoms with van der Waals surface area (Å²) < 4.78 is 0. The fourth-order valence-electron chi connectivity index (χ4n) is 2.46. The molecule has 0 heterocycles. The molecule has 0 atom stereocenters. The maximum Gasteiger partial charge on any atom is 0.221 e. The minimum Gasteiger partial charge on any atom is -0.355 e. The Morgan fingerprint density at radius 2 is 1.95 bits per heavy atom. The molecule has 0 spiro atoms. The minimum absolute atomic E-state index is 0. The first-order valence-electron chi connectivity index (χ1n) is 6.39. The molecule has 19 heavy (non-hydrogen) atoms. The highest BCUT2D eigenvalue weighted by atomic mass is 35.5. The van der Waals surface area contributed by atoms with Crippen molar-refractivity contribution in [2.45, 2.75) is 31.1 Å². The van der Waals surface area contributed by atoms with E-state index in [9.17, 15) is 4.79 Å². The summed E-state index contributed by atoms with van der Waals surface area (Å²) in [5, 5.41) is 3.74. The van der Waals surface area contributed by atoms with Crippen molar-refractivity contribution in [3.63, 3.8) is 0 Å². The number of halogens is 2.